The summed E-state index contributed by atoms with van der Waals surface area (Å²) < 4.78 is 44.8. The van der Waals surface area contributed by atoms with Crippen LogP contribution in [0, 0.1) is 5.82 Å². The van der Waals surface area contributed by atoms with E-state index < -0.39 is 21.7 Å². The molecule has 1 amide bonds. The maximum absolute atomic E-state index is 13.8. The Morgan fingerprint density at radius 3 is 2.55 bits per heavy atom. The number of sulfonamides is 1. The molecule has 150 valence electrons. The van der Waals surface area contributed by atoms with Gasteiger partial charge in [-0.15, -0.1) is 0 Å². The van der Waals surface area contributed by atoms with Crippen LogP contribution in [-0.4, -0.2) is 32.7 Å². The van der Waals surface area contributed by atoms with Crippen LogP contribution < -0.4 is 5.32 Å². The highest BCUT2D eigenvalue weighted by atomic mass is 32.2. The van der Waals surface area contributed by atoms with Crippen molar-refractivity contribution in [3.63, 3.8) is 0 Å². The van der Waals surface area contributed by atoms with E-state index in [0.29, 0.717) is 22.8 Å². The Kier molecular flexibility index (Phi) is 5.95. The van der Waals surface area contributed by atoms with Crippen LogP contribution in [0.1, 0.15) is 5.76 Å². The lowest BCUT2D eigenvalue weighted by molar-refractivity contribution is -0.111. The first kappa shape index (κ1) is 20.5. The molecule has 3 aromatic rings. The standard InChI is InChI=1S/C21H19FN2O4S/c1-24(2)29(26,27)17-7-5-6-15(14-17)23-21(25)13-11-16-10-12-20(28-16)18-8-3-4-9-19(18)22/h3-14H,1-2H3,(H,23,25)/b13-11+. The van der Waals surface area contributed by atoms with E-state index in [2.05, 4.69) is 5.32 Å². The van der Waals surface area contributed by atoms with Crippen molar-refractivity contribution in [2.45, 2.75) is 4.90 Å². The molecule has 0 aliphatic heterocycles. The summed E-state index contributed by atoms with van der Waals surface area (Å²) in [6.07, 6.45) is 2.69. The van der Waals surface area contributed by atoms with Crippen molar-refractivity contribution >= 4 is 27.7 Å². The third-order valence-electron chi connectivity index (χ3n) is 4.05. The summed E-state index contributed by atoms with van der Waals surface area (Å²) in [6, 6.07) is 15.4. The SMILES string of the molecule is CN(C)S(=O)(=O)c1cccc(NC(=O)/C=C/c2ccc(-c3ccccc3F)o2)c1. The molecule has 2 aromatic carbocycles. The lowest BCUT2D eigenvalue weighted by Gasteiger charge is -2.12. The van der Waals surface area contributed by atoms with Gasteiger partial charge in [-0.1, -0.05) is 18.2 Å². The van der Waals surface area contributed by atoms with Crippen LogP contribution in [0.15, 0.2) is 76.1 Å². The van der Waals surface area contributed by atoms with Gasteiger partial charge in [-0.2, -0.15) is 0 Å². The number of furan rings is 1. The number of rotatable bonds is 6. The Hall–Kier alpha value is -3.23. The molecule has 1 heterocycles. The van der Waals surface area contributed by atoms with Gasteiger partial charge in [-0.05, 0) is 48.5 Å². The summed E-state index contributed by atoms with van der Waals surface area (Å²) in [6.45, 7) is 0. The molecular formula is C21H19FN2O4S. The van der Waals surface area contributed by atoms with Crippen molar-refractivity contribution in [1.82, 2.24) is 4.31 Å². The van der Waals surface area contributed by atoms with Gasteiger partial charge in [0.05, 0.1) is 10.5 Å². The molecule has 8 heteroatoms. The molecule has 6 nitrogen and oxygen atoms in total. The average Bonchev–Trinajstić information content (AvgIpc) is 3.15. The number of carbonyl (C=O) groups is 1. The van der Waals surface area contributed by atoms with E-state index in [1.165, 1.54) is 44.4 Å². The van der Waals surface area contributed by atoms with E-state index in [9.17, 15) is 17.6 Å². The van der Waals surface area contributed by atoms with Gasteiger partial charge in [0.25, 0.3) is 0 Å². The van der Waals surface area contributed by atoms with Crippen molar-refractivity contribution in [2.24, 2.45) is 0 Å². The quantitative estimate of drug-likeness (QED) is 0.619. The molecule has 0 atom stereocenters. The van der Waals surface area contributed by atoms with Crippen molar-refractivity contribution in [3.8, 4) is 11.3 Å². The van der Waals surface area contributed by atoms with Gasteiger partial charge in [-0.25, -0.2) is 17.1 Å². The molecule has 1 N–H and O–H groups in total. The van der Waals surface area contributed by atoms with Gasteiger partial charge in [-0.3, -0.25) is 4.79 Å². The fourth-order valence-corrected chi connectivity index (χ4v) is 3.48. The van der Waals surface area contributed by atoms with Crippen molar-refractivity contribution in [1.29, 1.82) is 0 Å². The Labute approximate surface area is 168 Å². The molecule has 0 aliphatic rings. The molecule has 29 heavy (non-hydrogen) atoms. The predicted molar refractivity (Wildman–Crippen MR) is 109 cm³/mol. The van der Waals surface area contributed by atoms with Crippen LogP contribution in [0.5, 0.6) is 0 Å². The van der Waals surface area contributed by atoms with Crippen LogP contribution in [-0.2, 0) is 14.8 Å². The largest absolute Gasteiger partial charge is 0.457 e. The molecule has 3 rings (SSSR count). The predicted octanol–water partition coefficient (Wildman–Crippen LogP) is 3.99. The monoisotopic (exact) mass is 414 g/mol. The zero-order valence-corrected chi connectivity index (χ0v) is 16.6. The first-order valence-electron chi connectivity index (χ1n) is 8.64. The highest BCUT2D eigenvalue weighted by Gasteiger charge is 2.17. The lowest BCUT2D eigenvalue weighted by Crippen LogP contribution is -2.22. The van der Waals surface area contributed by atoms with Crippen LogP contribution in [0.2, 0.25) is 0 Å². The number of hydrogen-bond donors (Lipinski definition) is 1. The molecule has 0 saturated carbocycles. The van der Waals surface area contributed by atoms with Crippen LogP contribution in [0.3, 0.4) is 0 Å². The summed E-state index contributed by atoms with van der Waals surface area (Å²) in [4.78, 5) is 12.2. The number of halogens is 1. The van der Waals surface area contributed by atoms with Crippen molar-refractivity contribution in [3.05, 3.63) is 78.3 Å². The summed E-state index contributed by atoms with van der Waals surface area (Å²) in [5.74, 6) is -0.136. The van der Waals surface area contributed by atoms with E-state index >= 15 is 0 Å². The Morgan fingerprint density at radius 1 is 1.07 bits per heavy atom. The number of nitrogens with one attached hydrogen (secondary N) is 1. The smallest absolute Gasteiger partial charge is 0.248 e. The third-order valence-corrected chi connectivity index (χ3v) is 5.86. The summed E-state index contributed by atoms with van der Waals surface area (Å²) >= 11 is 0. The molecular weight excluding hydrogens is 395 g/mol. The molecule has 0 spiro atoms. The highest BCUT2D eigenvalue weighted by Crippen LogP contribution is 2.25. The fourth-order valence-electron chi connectivity index (χ4n) is 2.54. The minimum Gasteiger partial charge on any atom is -0.457 e. The number of carbonyl (C=O) groups excluding carboxylic acids is 1. The van der Waals surface area contributed by atoms with Crippen LogP contribution >= 0.6 is 0 Å². The minimum absolute atomic E-state index is 0.0739. The molecule has 1 aromatic heterocycles. The van der Waals surface area contributed by atoms with E-state index in [-0.39, 0.29) is 4.90 Å². The van der Waals surface area contributed by atoms with E-state index in [1.54, 1.807) is 42.5 Å². The maximum atomic E-state index is 13.8. The van der Waals surface area contributed by atoms with Gasteiger partial charge in [0.1, 0.15) is 17.3 Å². The van der Waals surface area contributed by atoms with Gasteiger partial charge < -0.3 is 9.73 Å². The Bertz CT molecular complexity index is 1170. The second kappa shape index (κ2) is 8.42. The summed E-state index contributed by atoms with van der Waals surface area (Å²) in [7, 11) is -0.734. The zero-order chi connectivity index (χ0) is 21.0. The average molecular weight is 414 g/mol. The molecule has 0 bridgehead atoms. The first-order valence-corrected chi connectivity index (χ1v) is 10.1. The zero-order valence-electron chi connectivity index (χ0n) is 15.8. The van der Waals surface area contributed by atoms with Crippen LogP contribution in [0.25, 0.3) is 17.4 Å². The van der Waals surface area contributed by atoms with Gasteiger partial charge in [0.15, 0.2) is 0 Å². The normalized spacial score (nSPS) is 11.9. The molecule has 0 saturated heterocycles. The van der Waals surface area contributed by atoms with E-state index in [1.807, 2.05) is 0 Å². The first-order chi connectivity index (χ1) is 13.8. The number of hydrogen-bond acceptors (Lipinski definition) is 4. The number of benzene rings is 2. The minimum atomic E-state index is -3.60. The van der Waals surface area contributed by atoms with E-state index in [4.69, 9.17) is 4.42 Å². The van der Waals surface area contributed by atoms with Gasteiger partial charge in [0.2, 0.25) is 15.9 Å². The van der Waals surface area contributed by atoms with Crippen molar-refractivity contribution in [2.75, 3.05) is 19.4 Å². The molecule has 0 unspecified atom stereocenters. The highest BCUT2D eigenvalue weighted by molar-refractivity contribution is 7.89. The number of amides is 1. The van der Waals surface area contributed by atoms with Crippen LogP contribution in [0.4, 0.5) is 10.1 Å². The number of nitrogens with zero attached hydrogens (tertiary/aromatic N) is 1. The second-order valence-corrected chi connectivity index (χ2v) is 8.47. The Balaban J connectivity index is 1.71. The summed E-state index contributed by atoms with van der Waals surface area (Å²) in [5, 5.41) is 2.60. The lowest BCUT2D eigenvalue weighted by atomic mass is 10.1. The molecule has 0 radical (unpaired) electrons. The summed E-state index contributed by atoms with van der Waals surface area (Å²) in [5.41, 5.74) is 0.671. The second-order valence-electron chi connectivity index (χ2n) is 6.32. The van der Waals surface area contributed by atoms with Gasteiger partial charge >= 0.3 is 0 Å². The van der Waals surface area contributed by atoms with Crippen molar-refractivity contribution < 1.29 is 22.0 Å². The molecule has 0 aliphatic carbocycles. The Morgan fingerprint density at radius 2 is 1.83 bits per heavy atom. The van der Waals surface area contributed by atoms with Gasteiger partial charge in [0, 0.05) is 25.9 Å². The maximum Gasteiger partial charge on any atom is 0.248 e. The topological polar surface area (TPSA) is 79.6 Å². The fraction of sp³-hybridized carbons (Fsp3) is 0.0952. The van der Waals surface area contributed by atoms with E-state index in [0.717, 1.165) is 4.31 Å². The number of anilines is 1. The molecule has 0 fully saturated rings. The third kappa shape index (κ3) is 4.79.